The fourth-order valence-corrected chi connectivity index (χ4v) is 3.05. The molecule has 2 atom stereocenters. The van der Waals surface area contributed by atoms with E-state index in [1.54, 1.807) is 0 Å². The zero-order valence-corrected chi connectivity index (χ0v) is 11.8. The summed E-state index contributed by atoms with van der Waals surface area (Å²) < 4.78 is 17.8. The summed E-state index contributed by atoms with van der Waals surface area (Å²) in [7, 11) is 0. The molecule has 0 amide bonds. The highest BCUT2D eigenvalue weighted by atomic mass is 16.8. The Hall–Kier alpha value is -1.68. The Morgan fingerprint density at radius 2 is 1.19 bits per heavy atom. The summed E-state index contributed by atoms with van der Waals surface area (Å²) in [6, 6.07) is 16.6. The minimum Gasteiger partial charge on any atom is -0.348 e. The number of hydrogen-bond donors (Lipinski definition) is 0. The summed E-state index contributed by atoms with van der Waals surface area (Å²) in [6.45, 7) is 1.38. The molecule has 3 nitrogen and oxygen atoms in total. The van der Waals surface area contributed by atoms with E-state index in [0.717, 1.165) is 24.0 Å². The summed E-state index contributed by atoms with van der Waals surface area (Å²) in [5.74, 6) is 0. The van der Waals surface area contributed by atoms with Crippen LogP contribution in [0.15, 0.2) is 48.5 Å². The quantitative estimate of drug-likeness (QED) is 0.843. The Bertz CT molecular complexity index is 582. The molecule has 0 aromatic heterocycles. The van der Waals surface area contributed by atoms with Gasteiger partial charge in [-0.1, -0.05) is 48.5 Å². The monoisotopic (exact) mass is 282 g/mol. The molecule has 0 fully saturated rings. The van der Waals surface area contributed by atoms with Crippen molar-refractivity contribution < 1.29 is 14.2 Å². The van der Waals surface area contributed by atoms with E-state index < -0.39 is 0 Å². The highest BCUT2D eigenvalue weighted by Gasteiger charge is 2.28. The van der Waals surface area contributed by atoms with Crippen LogP contribution in [0.5, 0.6) is 0 Å². The first kappa shape index (κ1) is 13.0. The van der Waals surface area contributed by atoms with E-state index in [4.69, 9.17) is 14.2 Å². The minimum atomic E-state index is -0.342. The number of hydrogen-bond acceptors (Lipinski definition) is 3. The van der Waals surface area contributed by atoms with Gasteiger partial charge in [0.25, 0.3) is 0 Å². The number of rotatable bonds is 2. The van der Waals surface area contributed by atoms with Gasteiger partial charge < -0.3 is 14.2 Å². The molecule has 21 heavy (non-hydrogen) atoms. The van der Waals surface area contributed by atoms with Gasteiger partial charge in [-0.25, -0.2) is 0 Å². The van der Waals surface area contributed by atoms with Gasteiger partial charge in [0, 0.05) is 11.1 Å². The highest BCUT2D eigenvalue weighted by Crippen LogP contribution is 2.36. The second-order valence-corrected chi connectivity index (χ2v) is 5.44. The molecule has 0 aliphatic carbocycles. The van der Waals surface area contributed by atoms with Crippen molar-refractivity contribution in [1.29, 1.82) is 0 Å². The summed E-state index contributed by atoms with van der Waals surface area (Å²) in [5.41, 5.74) is 4.85. The third kappa shape index (κ3) is 2.48. The van der Waals surface area contributed by atoms with Crippen molar-refractivity contribution in [3.8, 4) is 0 Å². The molecule has 2 aliphatic rings. The molecule has 0 unspecified atom stereocenters. The first-order chi connectivity index (χ1) is 10.4. The van der Waals surface area contributed by atoms with Crippen molar-refractivity contribution in [1.82, 2.24) is 0 Å². The second kappa shape index (κ2) is 5.60. The average molecular weight is 282 g/mol. The maximum atomic E-state index is 6.14. The number of benzene rings is 2. The van der Waals surface area contributed by atoms with Gasteiger partial charge in [0.1, 0.15) is 0 Å². The highest BCUT2D eigenvalue weighted by molar-refractivity contribution is 5.31. The summed E-state index contributed by atoms with van der Waals surface area (Å²) in [6.07, 6.45) is 1.20. The normalized spacial score (nSPS) is 24.2. The van der Waals surface area contributed by atoms with Crippen molar-refractivity contribution in [2.45, 2.75) is 25.4 Å². The lowest BCUT2D eigenvalue weighted by atomic mass is 10.0. The van der Waals surface area contributed by atoms with Crippen LogP contribution in [0.2, 0.25) is 0 Å². The molecule has 2 aromatic carbocycles. The molecule has 108 valence electrons. The SMILES string of the molecule is c1ccc2c(c1)CCO[C@@H]2O[C@H]1OCCc2ccccc21. The molecule has 0 bridgehead atoms. The summed E-state index contributed by atoms with van der Waals surface area (Å²) in [5, 5.41) is 0. The summed E-state index contributed by atoms with van der Waals surface area (Å²) >= 11 is 0. The second-order valence-electron chi connectivity index (χ2n) is 5.44. The first-order valence-electron chi connectivity index (χ1n) is 7.46. The maximum absolute atomic E-state index is 6.14. The lowest BCUT2D eigenvalue weighted by molar-refractivity contribution is -0.260. The third-order valence-corrected chi connectivity index (χ3v) is 4.15. The lowest BCUT2D eigenvalue weighted by Gasteiger charge is -2.32. The Labute approximate surface area is 124 Å². The molecular formula is C18H18O3. The first-order valence-corrected chi connectivity index (χ1v) is 7.46. The Morgan fingerprint density at radius 3 is 1.71 bits per heavy atom. The largest absolute Gasteiger partial charge is 0.348 e. The average Bonchev–Trinajstić information content (AvgIpc) is 2.56. The molecular weight excluding hydrogens is 264 g/mol. The smallest absolute Gasteiger partial charge is 0.187 e. The van der Waals surface area contributed by atoms with Crippen molar-refractivity contribution >= 4 is 0 Å². The van der Waals surface area contributed by atoms with Crippen LogP contribution in [0.4, 0.5) is 0 Å². The van der Waals surface area contributed by atoms with E-state index in [2.05, 4.69) is 36.4 Å². The van der Waals surface area contributed by atoms with Gasteiger partial charge in [-0.3, -0.25) is 0 Å². The topological polar surface area (TPSA) is 27.7 Å². The Balaban J connectivity index is 1.61. The van der Waals surface area contributed by atoms with Crippen molar-refractivity contribution in [3.63, 3.8) is 0 Å². The van der Waals surface area contributed by atoms with Gasteiger partial charge in [0.05, 0.1) is 13.2 Å². The zero-order chi connectivity index (χ0) is 14.1. The lowest BCUT2D eigenvalue weighted by Crippen LogP contribution is -2.25. The van der Waals surface area contributed by atoms with Crippen LogP contribution in [-0.4, -0.2) is 13.2 Å². The molecule has 0 N–H and O–H groups in total. The number of ether oxygens (including phenoxy) is 3. The number of fused-ring (bicyclic) bond motifs is 2. The minimum absolute atomic E-state index is 0.342. The van der Waals surface area contributed by atoms with Crippen molar-refractivity contribution in [2.24, 2.45) is 0 Å². The molecule has 0 spiro atoms. The molecule has 0 saturated carbocycles. The molecule has 2 heterocycles. The van der Waals surface area contributed by atoms with Crippen molar-refractivity contribution in [3.05, 3.63) is 70.8 Å². The van der Waals surface area contributed by atoms with E-state index in [0.29, 0.717) is 13.2 Å². The fourth-order valence-electron chi connectivity index (χ4n) is 3.05. The molecule has 3 heteroatoms. The van der Waals surface area contributed by atoms with Crippen LogP contribution in [0.1, 0.15) is 34.8 Å². The maximum Gasteiger partial charge on any atom is 0.187 e. The standard InChI is InChI=1S/C18H18O3/c1-3-7-15-13(5-1)9-11-19-17(15)21-18-16-8-4-2-6-14(16)10-12-20-18/h1-8,17-18H,9-12H2/t17-,18-/m1/s1. The van der Waals surface area contributed by atoms with E-state index in [9.17, 15) is 0 Å². The van der Waals surface area contributed by atoms with E-state index in [-0.39, 0.29) is 12.6 Å². The van der Waals surface area contributed by atoms with Crippen molar-refractivity contribution in [2.75, 3.05) is 13.2 Å². The van der Waals surface area contributed by atoms with Crippen LogP contribution >= 0.6 is 0 Å². The predicted molar refractivity (Wildman–Crippen MR) is 78.8 cm³/mol. The zero-order valence-electron chi connectivity index (χ0n) is 11.8. The summed E-state index contributed by atoms with van der Waals surface area (Å²) in [4.78, 5) is 0. The van der Waals surface area contributed by atoms with Crippen LogP contribution in [0.25, 0.3) is 0 Å². The molecule has 2 aromatic rings. The van der Waals surface area contributed by atoms with Crippen LogP contribution in [-0.2, 0) is 27.1 Å². The molecule has 2 aliphatic heterocycles. The van der Waals surface area contributed by atoms with Crippen LogP contribution in [0, 0.1) is 0 Å². The van der Waals surface area contributed by atoms with Gasteiger partial charge in [-0.05, 0) is 24.0 Å². The van der Waals surface area contributed by atoms with Crippen LogP contribution < -0.4 is 0 Å². The van der Waals surface area contributed by atoms with Gasteiger partial charge in [0.15, 0.2) is 12.6 Å². The fraction of sp³-hybridized carbons (Fsp3) is 0.333. The third-order valence-electron chi connectivity index (χ3n) is 4.15. The van der Waals surface area contributed by atoms with E-state index >= 15 is 0 Å². The molecule has 4 rings (SSSR count). The molecule has 0 saturated heterocycles. The Morgan fingerprint density at radius 1 is 0.714 bits per heavy atom. The van der Waals surface area contributed by atoms with Crippen LogP contribution in [0.3, 0.4) is 0 Å². The van der Waals surface area contributed by atoms with E-state index in [1.165, 1.54) is 11.1 Å². The van der Waals surface area contributed by atoms with Gasteiger partial charge in [-0.15, -0.1) is 0 Å². The molecule has 0 radical (unpaired) electrons. The Kier molecular flexibility index (Phi) is 3.47. The van der Waals surface area contributed by atoms with Gasteiger partial charge >= 0.3 is 0 Å². The van der Waals surface area contributed by atoms with Gasteiger partial charge in [-0.2, -0.15) is 0 Å². The van der Waals surface area contributed by atoms with Gasteiger partial charge in [0.2, 0.25) is 0 Å². The van der Waals surface area contributed by atoms with E-state index in [1.807, 2.05) is 12.1 Å². The predicted octanol–water partition coefficient (Wildman–Crippen LogP) is 3.55.